The molecule has 0 bridgehead atoms. The van der Waals surface area contributed by atoms with Crippen LogP contribution in [0.2, 0.25) is 0 Å². The van der Waals surface area contributed by atoms with Crippen LogP contribution in [0.25, 0.3) is 0 Å². The van der Waals surface area contributed by atoms with Gasteiger partial charge >= 0.3 is 0 Å². The van der Waals surface area contributed by atoms with Gasteiger partial charge in [0.15, 0.2) is 0 Å². The summed E-state index contributed by atoms with van der Waals surface area (Å²) in [6.45, 7) is 1.97. The fraction of sp³-hybridized carbons (Fsp3) is 0.0476. The molecule has 0 radical (unpaired) electrons. The molecule has 0 saturated heterocycles. The Morgan fingerprint density at radius 3 is 2.34 bits per heavy atom. The second-order valence-corrected chi connectivity index (χ2v) is 8.85. The quantitative estimate of drug-likeness (QED) is 0.414. The van der Waals surface area contributed by atoms with Crippen LogP contribution in [0, 0.1) is 6.92 Å². The maximum absolute atomic E-state index is 12.4. The minimum absolute atomic E-state index is 0.146. The summed E-state index contributed by atoms with van der Waals surface area (Å²) in [5.41, 5.74) is 5.14. The number of nitrogens with one attached hydrogen (secondary N) is 2. The second-order valence-electron chi connectivity index (χ2n) is 6.25. The minimum atomic E-state index is -3.71. The number of amides is 1. The van der Waals surface area contributed by atoms with Crippen molar-refractivity contribution in [2.45, 2.75) is 11.8 Å². The summed E-state index contributed by atoms with van der Waals surface area (Å²) in [7, 11) is -3.71. The first kappa shape index (κ1) is 20.8. The average Bonchev–Trinajstić information content (AvgIpc) is 2.68. The van der Waals surface area contributed by atoms with Gasteiger partial charge in [-0.2, -0.15) is 5.10 Å². The van der Waals surface area contributed by atoms with Crippen LogP contribution in [-0.4, -0.2) is 20.5 Å². The number of hydrogen-bond donors (Lipinski definition) is 2. The van der Waals surface area contributed by atoms with Gasteiger partial charge in [-0.15, -0.1) is 0 Å². The Morgan fingerprint density at radius 1 is 1.00 bits per heavy atom. The lowest BCUT2D eigenvalue weighted by Crippen LogP contribution is -2.18. The molecular weight excluding hydrogens is 454 g/mol. The molecule has 0 atom stereocenters. The van der Waals surface area contributed by atoms with E-state index in [9.17, 15) is 13.2 Å². The predicted molar refractivity (Wildman–Crippen MR) is 118 cm³/mol. The number of carbonyl (C=O) groups excluding carboxylic acids is 1. The molecule has 0 heterocycles. The molecule has 0 aromatic heterocycles. The van der Waals surface area contributed by atoms with E-state index in [0.29, 0.717) is 11.3 Å². The van der Waals surface area contributed by atoms with Crippen LogP contribution in [-0.2, 0) is 10.0 Å². The lowest BCUT2D eigenvalue weighted by Gasteiger charge is -2.09. The third-order valence-electron chi connectivity index (χ3n) is 3.95. The van der Waals surface area contributed by atoms with Crippen molar-refractivity contribution in [3.8, 4) is 0 Å². The molecule has 0 unspecified atom stereocenters. The molecule has 29 heavy (non-hydrogen) atoms. The smallest absolute Gasteiger partial charge is 0.271 e. The summed E-state index contributed by atoms with van der Waals surface area (Å²) in [6.07, 6.45) is 1.56. The summed E-state index contributed by atoms with van der Waals surface area (Å²) in [4.78, 5) is 12.3. The van der Waals surface area contributed by atoms with Gasteiger partial charge in [0.25, 0.3) is 15.9 Å². The van der Waals surface area contributed by atoms with Crippen molar-refractivity contribution in [2.24, 2.45) is 5.10 Å². The number of rotatable bonds is 6. The van der Waals surface area contributed by atoms with E-state index in [1.54, 1.807) is 18.3 Å². The van der Waals surface area contributed by atoms with E-state index in [2.05, 4.69) is 31.2 Å². The summed E-state index contributed by atoms with van der Waals surface area (Å²) in [5, 5.41) is 3.95. The highest BCUT2D eigenvalue weighted by Gasteiger charge is 2.14. The summed E-state index contributed by atoms with van der Waals surface area (Å²) >= 11 is 3.27. The first-order valence-corrected chi connectivity index (χ1v) is 10.9. The van der Waals surface area contributed by atoms with E-state index in [1.165, 1.54) is 36.4 Å². The Kier molecular flexibility index (Phi) is 6.46. The van der Waals surface area contributed by atoms with E-state index in [-0.39, 0.29) is 4.90 Å². The molecule has 0 saturated carbocycles. The van der Waals surface area contributed by atoms with Gasteiger partial charge in [0.1, 0.15) is 0 Å². The maximum atomic E-state index is 12.4. The number of hydrazone groups is 1. The fourth-order valence-electron chi connectivity index (χ4n) is 2.50. The number of sulfonamides is 1. The molecule has 148 valence electrons. The number of anilines is 1. The maximum Gasteiger partial charge on any atom is 0.271 e. The van der Waals surface area contributed by atoms with Crippen LogP contribution in [0.3, 0.4) is 0 Å². The number of nitrogens with zero attached hydrogens (tertiary/aromatic N) is 1. The molecule has 0 aliphatic carbocycles. The van der Waals surface area contributed by atoms with Crippen LogP contribution in [0.1, 0.15) is 21.5 Å². The Morgan fingerprint density at radius 2 is 1.69 bits per heavy atom. The van der Waals surface area contributed by atoms with Crippen LogP contribution in [0.5, 0.6) is 0 Å². The second kappa shape index (κ2) is 9.02. The molecule has 6 nitrogen and oxygen atoms in total. The molecule has 2 N–H and O–H groups in total. The van der Waals surface area contributed by atoms with Gasteiger partial charge in [-0.05, 0) is 61.0 Å². The predicted octanol–water partition coefficient (Wildman–Crippen LogP) is 4.32. The third-order valence-corrected chi connectivity index (χ3v) is 5.87. The van der Waals surface area contributed by atoms with Crippen molar-refractivity contribution < 1.29 is 13.2 Å². The van der Waals surface area contributed by atoms with E-state index >= 15 is 0 Å². The van der Waals surface area contributed by atoms with Crippen LogP contribution in [0.15, 0.2) is 87.3 Å². The molecule has 1 amide bonds. The Hall–Kier alpha value is -2.97. The highest BCUT2D eigenvalue weighted by molar-refractivity contribution is 9.10. The largest absolute Gasteiger partial charge is 0.280 e. The molecule has 0 fully saturated rings. The Balaban J connectivity index is 1.63. The van der Waals surface area contributed by atoms with Crippen LogP contribution in [0.4, 0.5) is 5.69 Å². The van der Waals surface area contributed by atoms with Gasteiger partial charge in [0.05, 0.1) is 11.1 Å². The molecule has 3 aromatic rings. The number of aryl methyl sites for hydroxylation is 1. The molecule has 0 spiro atoms. The van der Waals surface area contributed by atoms with E-state index < -0.39 is 15.9 Å². The highest BCUT2D eigenvalue weighted by Crippen LogP contribution is 2.19. The molecule has 3 aromatic carbocycles. The average molecular weight is 472 g/mol. The van der Waals surface area contributed by atoms with Crippen molar-refractivity contribution in [1.82, 2.24) is 5.43 Å². The van der Waals surface area contributed by atoms with Gasteiger partial charge < -0.3 is 0 Å². The zero-order valence-corrected chi connectivity index (χ0v) is 17.9. The normalized spacial score (nSPS) is 11.4. The number of hydrogen-bond acceptors (Lipinski definition) is 4. The summed E-state index contributed by atoms with van der Waals surface area (Å²) in [5.74, 6) is -0.392. The SMILES string of the molecule is Cc1cccc(/C=N/NC(=O)c2ccc(NS(=O)(=O)c3ccc(Br)cc3)cc2)c1. The van der Waals surface area contributed by atoms with E-state index in [0.717, 1.165) is 15.6 Å². The zero-order valence-electron chi connectivity index (χ0n) is 15.5. The van der Waals surface area contributed by atoms with Gasteiger partial charge in [-0.3, -0.25) is 9.52 Å². The van der Waals surface area contributed by atoms with Crippen molar-refractivity contribution in [3.63, 3.8) is 0 Å². The molecule has 0 aliphatic rings. The molecule has 0 aliphatic heterocycles. The molecule has 3 rings (SSSR count). The number of halogens is 1. The summed E-state index contributed by atoms with van der Waals surface area (Å²) in [6, 6.07) is 20.1. The topological polar surface area (TPSA) is 87.6 Å². The van der Waals surface area contributed by atoms with Gasteiger partial charge in [-0.1, -0.05) is 45.8 Å². The van der Waals surface area contributed by atoms with Crippen LogP contribution >= 0.6 is 15.9 Å². The lowest BCUT2D eigenvalue weighted by molar-refractivity contribution is 0.0955. The molecular formula is C21H18BrN3O3S. The molecule has 8 heteroatoms. The van der Waals surface area contributed by atoms with Crippen molar-refractivity contribution in [2.75, 3.05) is 4.72 Å². The van der Waals surface area contributed by atoms with Gasteiger partial charge in [0, 0.05) is 15.7 Å². The van der Waals surface area contributed by atoms with Gasteiger partial charge in [-0.25, -0.2) is 13.8 Å². The van der Waals surface area contributed by atoms with E-state index in [4.69, 9.17) is 0 Å². The monoisotopic (exact) mass is 471 g/mol. The van der Waals surface area contributed by atoms with E-state index in [1.807, 2.05) is 31.2 Å². The Labute approximate surface area is 177 Å². The highest BCUT2D eigenvalue weighted by atomic mass is 79.9. The van der Waals surface area contributed by atoms with Gasteiger partial charge in [0.2, 0.25) is 0 Å². The minimum Gasteiger partial charge on any atom is -0.280 e. The summed E-state index contributed by atoms with van der Waals surface area (Å²) < 4.78 is 28.1. The lowest BCUT2D eigenvalue weighted by atomic mass is 10.2. The number of benzene rings is 3. The van der Waals surface area contributed by atoms with Crippen LogP contribution < -0.4 is 10.1 Å². The first-order chi connectivity index (χ1) is 13.8. The zero-order chi connectivity index (χ0) is 20.9. The standard InChI is InChI=1S/C21H18BrN3O3S/c1-15-3-2-4-16(13-15)14-23-24-21(26)17-5-9-19(10-6-17)25-29(27,28)20-11-7-18(22)8-12-20/h2-14,25H,1H3,(H,24,26)/b23-14+. The number of carbonyl (C=O) groups is 1. The fourth-order valence-corrected chi connectivity index (χ4v) is 3.82. The van der Waals surface area contributed by atoms with Crippen molar-refractivity contribution >= 4 is 43.8 Å². The third kappa shape index (κ3) is 5.75. The Bertz CT molecular complexity index is 1140. The van der Waals surface area contributed by atoms with Crippen molar-refractivity contribution in [1.29, 1.82) is 0 Å². The van der Waals surface area contributed by atoms with Crippen molar-refractivity contribution in [3.05, 3.63) is 94.0 Å². The first-order valence-electron chi connectivity index (χ1n) is 8.62.